The first-order valence-corrected chi connectivity index (χ1v) is 31.1. The highest BCUT2D eigenvalue weighted by Crippen LogP contribution is 2.32. The van der Waals surface area contributed by atoms with Gasteiger partial charge in [0.2, 0.25) is 0 Å². The first-order valence-electron chi connectivity index (χ1n) is 30.7. The van der Waals surface area contributed by atoms with Crippen LogP contribution in [0.2, 0.25) is 5.02 Å². The highest BCUT2D eigenvalue weighted by atomic mass is 35.5. The van der Waals surface area contributed by atoms with Gasteiger partial charge in [-0.25, -0.2) is 26.3 Å². The molecule has 0 atom stereocenters. The molecule has 0 spiro atoms. The second-order valence-corrected chi connectivity index (χ2v) is 24.8. The lowest BCUT2D eigenvalue weighted by molar-refractivity contribution is -0.137. The Bertz CT molecular complexity index is 3040. The fourth-order valence-corrected chi connectivity index (χ4v) is 8.16. The Labute approximate surface area is 542 Å². The molecule has 0 bridgehead atoms. The first kappa shape index (κ1) is 82.1. The standard InChI is InChI=1S/C11H14F2.C10H11F3.C10H12F2O.C10H12F2.C10H14.C9H11Cl.2C9H11F/c1-8(2)9-5-4-6-10(7-9)11(3,12)13;1-7(2)8-4-3-5-9(6-8)10(11,12)13;1-7(2)8-4-3-5-9(6-8)13-10(11)12;1-7(2)8-4-3-5-9(6-8)10(11)12;1-8(2)10-6-4-5-9(3)7-10;1-7(2)8-4-3-5-9(10)6-8;1-7(2)8-3-5-9(10)6-4-8;1-7(2)8-4-3-5-9(10)6-8/h4-8H,1-3H3;3-7H,1-2H3;3-7,10H,1-2H3;3-7,10H,1-2H3;4-8H,1-3H3;3*3-7H,1-2H3. The summed E-state index contributed by atoms with van der Waals surface area (Å²) in [6.07, 6.45) is -6.59. The normalized spacial score (nSPS) is 11.1. The topological polar surface area (TPSA) is 9.23 Å². The zero-order valence-electron chi connectivity index (χ0n) is 56.2. The van der Waals surface area contributed by atoms with Crippen LogP contribution < -0.4 is 4.74 Å². The summed E-state index contributed by atoms with van der Waals surface area (Å²) in [5, 5.41) is 0.825. The first-order chi connectivity index (χ1) is 42.3. The summed E-state index contributed by atoms with van der Waals surface area (Å²) in [7, 11) is 0. The van der Waals surface area contributed by atoms with Crippen molar-refractivity contribution in [2.24, 2.45) is 0 Å². The van der Waals surface area contributed by atoms with Crippen LogP contribution in [-0.2, 0) is 12.1 Å². The molecule has 8 rings (SSSR count). The van der Waals surface area contributed by atoms with Gasteiger partial charge >= 0.3 is 12.8 Å². The molecule has 0 unspecified atom stereocenters. The third-order valence-corrected chi connectivity index (χ3v) is 14.0. The number of alkyl halides is 9. The summed E-state index contributed by atoms with van der Waals surface area (Å²) >= 11 is 5.79. The maximum atomic E-state index is 12.9. The van der Waals surface area contributed by atoms with Crippen LogP contribution in [0.5, 0.6) is 5.75 Å². The summed E-state index contributed by atoms with van der Waals surface area (Å²) in [6.45, 7) is 33.1. The molecular formula is C78H96ClF11O. The van der Waals surface area contributed by atoms with Crippen LogP contribution in [0.1, 0.15) is 238 Å². The molecular weight excluding hydrogens is 1200 g/mol. The third-order valence-electron chi connectivity index (χ3n) is 13.8. The molecule has 0 aliphatic heterocycles. The van der Waals surface area contributed by atoms with E-state index in [2.05, 4.69) is 97.4 Å². The minimum atomic E-state index is -4.23. The summed E-state index contributed by atoms with van der Waals surface area (Å²) < 4.78 is 140. The van der Waals surface area contributed by atoms with Gasteiger partial charge in [0.05, 0.1) is 5.56 Å². The van der Waals surface area contributed by atoms with Crippen molar-refractivity contribution in [2.45, 2.75) is 197 Å². The summed E-state index contributed by atoms with van der Waals surface area (Å²) in [6, 6.07) is 55.4. The van der Waals surface area contributed by atoms with Crippen LogP contribution in [0.25, 0.3) is 0 Å². The van der Waals surface area contributed by atoms with Gasteiger partial charge in [-0.3, -0.25) is 0 Å². The minimum Gasteiger partial charge on any atom is -0.435 e. The Kier molecular flexibility index (Phi) is 37.5. The maximum Gasteiger partial charge on any atom is 0.416 e. The molecule has 0 aliphatic rings. The van der Waals surface area contributed by atoms with Gasteiger partial charge in [0.25, 0.3) is 12.3 Å². The SMILES string of the molecule is CC(C)c1ccc(F)cc1.CC(C)c1cccc(C(C)(F)F)c1.CC(C)c1cccc(C(F)(F)F)c1.CC(C)c1cccc(C(F)F)c1.CC(C)c1cccc(Cl)c1.CC(C)c1cccc(F)c1.CC(C)c1cccc(OC(F)F)c1.Cc1cccc(C(C)C)c1. The Balaban J connectivity index is 0.000000521. The molecule has 91 heavy (non-hydrogen) atoms. The van der Waals surface area contributed by atoms with Gasteiger partial charge in [0.15, 0.2) is 0 Å². The van der Waals surface area contributed by atoms with Gasteiger partial charge in [0, 0.05) is 23.1 Å². The highest BCUT2D eigenvalue weighted by Gasteiger charge is 2.30. The number of halogens is 12. The van der Waals surface area contributed by atoms with Crippen molar-refractivity contribution in [3.8, 4) is 5.75 Å². The van der Waals surface area contributed by atoms with Crippen molar-refractivity contribution in [1.29, 1.82) is 0 Å². The third kappa shape index (κ3) is 34.9. The predicted octanol–water partition coefficient (Wildman–Crippen LogP) is 27.4. The largest absolute Gasteiger partial charge is 0.435 e. The quantitative estimate of drug-likeness (QED) is 0.111. The van der Waals surface area contributed by atoms with E-state index in [0.717, 1.165) is 45.8 Å². The zero-order chi connectivity index (χ0) is 69.3. The van der Waals surface area contributed by atoms with Gasteiger partial charge in [-0.05, 0) is 166 Å². The van der Waals surface area contributed by atoms with E-state index < -0.39 is 30.7 Å². The molecule has 0 saturated carbocycles. The molecule has 0 fully saturated rings. The molecule has 0 heterocycles. The number of hydrogen-bond donors (Lipinski definition) is 0. The van der Waals surface area contributed by atoms with Crippen LogP contribution in [0.3, 0.4) is 0 Å². The zero-order valence-corrected chi connectivity index (χ0v) is 56.9. The molecule has 0 amide bonds. The van der Waals surface area contributed by atoms with E-state index in [0.29, 0.717) is 41.4 Å². The Morgan fingerprint density at radius 3 is 1.03 bits per heavy atom. The van der Waals surface area contributed by atoms with Crippen LogP contribution in [-0.4, -0.2) is 6.61 Å². The van der Waals surface area contributed by atoms with E-state index >= 15 is 0 Å². The van der Waals surface area contributed by atoms with Crippen molar-refractivity contribution >= 4 is 11.6 Å². The number of hydrogen-bond acceptors (Lipinski definition) is 1. The van der Waals surface area contributed by atoms with Crippen molar-refractivity contribution < 1.29 is 53.0 Å². The van der Waals surface area contributed by atoms with Crippen LogP contribution >= 0.6 is 11.6 Å². The second-order valence-electron chi connectivity index (χ2n) is 24.4. The van der Waals surface area contributed by atoms with Crippen LogP contribution in [0.15, 0.2) is 194 Å². The Morgan fingerprint density at radius 2 is 0.670 bits per heavy atom. The molecule has 8 aromatic rings. The summed E-state index contributed by atoms with van der Waals surface area (Å²) in [4.78, 5) is 0. The smallest absolute Gasteiger partial charge is 0.416 e. The molecule has 1 nitrogen and oxygen atoms in total. The van der Waals surface area contributed by atoms with E-state index in [9.17, 15) is 48.3 Å². The van der Waals surface area contributed by atoms with Crippen molar-refractivity contribution in [2.75, 3.05) is 0 Å². The fraction of sp³-hybridized carbons (Fsp3) is 0.385. The number of rotatable bonds is 12. The molecule has 498 valence electrons. The molecule has 0 N–H and O–H groups in total. The van der Waals surface area contributed by atoms with Gasteiger partial charge in [0.1, 0.15) is 17.4 Å². The average Bonchev–Trinajstić information content (AvgIpc) is 2.18. The van der Waals surface area contributed by atoms with Crippen LogP contribution in [0, 0.1) is 18.6 Å². The lowest BCUT2D eigenvalue weighted by Crippen LogP contribution is -2.07. The van der Waals surface area contributed by atoms with E-state index in [1.807, 2.05) is 110 Å². The summed E-state index contributed by atoms with van der Waals surface area (Å²) in [5.41, 5.74) is 9.60. The average molecular weight is 1290 g/mol. The molecule has 0 aliphatic carbocycles. The molecule has 0 radical (unpaired) electrons. The van der Waals surface area contributed by atoms with Crippen molar-refractivity contribution in [1.82, 2.24) is 0 Å². The molecule has 0 aromatic heterocycles. The number of aryl methyl sites for hydroxylation is 1. The van der Waals surface area contributed by atoms with E-state index in [1.165, 1.54) is 70.8 Å². The minimum absolute atomic E-state index is 0.0960. The van der Waals surface area contributed by atoms with Crippen LogP contribution in [0.4, 0.5) is 48.3 Å². The van der Waals surface area contributed by atoms with Gasteiger partial charge in [-0.15, -0.1) is 0 Å². The van der Waals surface area contributed by atoms with Gasteiger partial charge in [-0.2, -0.15) is 22.0 Å². The lowest BCUT2D eigenvalue weighted by atomic mass is 9.99. The van der Waals surface area contributed by atoms with Gasteiger partial charge in [-0.1, -0.05) is 255 Å². The van der Waals surface area contributed by atoms with E-state index in [4.69, 9.17) is 11.6 Å². The Hall–Kier alpha value is -6.92. The second kappa shape index (κ2) is 41.5. The number of ether oxygens (including phenoxy) is 1. The van der Waals surface area contributed by atoms with E-state index in [-0.39, 0.29) is 34.4 Å². The molecule has 13 heteroatoms. The maximum absolute atomic E-state index is 12.9. The molecule has 8 aromatic carbocycles. The summed E-state index contributed by atoms with van der Waals surface area (Å²) in [5.74, 6) is 0.353. The Morgan fingerprint density at radius 1 is 0.330 bits per heavy atom. The van der Waals surface area contributed by atoms with Gasteiger partial charge < -0.3 is 4.74 Å². The number of benzene rings is 8. The lowest BCUT2D eigenvalue weighted by Gasteiger charge is -2.13. The predicted molar refractivity (Wildman–Crippen MR) is 360 cm³/mol. The van der Waals surface area contributed by atoms with Crippen molar-refractivity contribution in [3.63, 3.8) is 0 Å². The van der Waals surface area contributed by atoms with E-state index in [1.54, 1.807) is 54.6 Å². The van der Waals surface area contributed by atoms with Crippen molar-refractivity contribution in [3.05, 3.63) is 278 Å². The highest BCUT2D eigenvalue weighted by molar-refractivity contribution is 6.30. The fourth-order valence-electron chi connectivity index (χ4n) is 7.96. The monoisotopic (exact) mass is 1290 g/mol. The molecule has 0 saturated heterocycles.